The van der Waals surface area contributed by atoms with E-state index in [1.807, 2.05) is 6.07 Å². The fraction of sp³-hybridized carbons (Fsp3) is 0.333. The third kappa shape index (κ3) is 3.13. The van der Waals surface area contributed by atoms with Gasteiger partial charge in [0.15, 0.2) is 17.3 Å². The molecule has 1 heterocycles. The number of hydrogen-bond donors (Lipinski definition) is 2. The average molecular weight is 298 g/mol. The van der Waals surface area contributed by atoms with Gasteiger partial charge in [0.1, 0.15) is 0 Å². The van der Waals surface area contributed by atoms with Gasteiger partial charge in [-0.3, -0.25) is 0 Å². The topological polar surface area (TPSA) is 116 Å². The van der Waals surface area contributed by atoms with E-state index in [0.717, 1.165) is 31.4 Å². The van der Waals surface area contributed by atoms with Crippen molar-refractivity contribution in [2.24, 2.45) is 15.9 Å². The molecule has 1 aromatic heterocycles. The Balaban J connectivity index is 1.63. The molecule has 7 nitrogen and oxygen atoms in total. The summed E-state index contributed by atoms with van der Waals surface area (Å²) in [4.78, 5) is 0. The molecule has 7 heteroatoms. The number of nitrogens with two attached hydrogens (primary N) is 2. The monoisotopic (exact) mass is 298 g/mol. The number of hydrogen-bond acceptors (Lipinski definition) is 6. The molecular formula is C15H18N6O. The van der Waals surface area contributed by atoms with Crippen LogP contribution in [0.1, 0.15) is 42.9 Å². The Morgan fingerprint density at radius 3 is 2.50 bits per heavy atom. The number of anilines is 1. The van der Waals surface area contributed by atoms with Gasteiger partial charge in [0.2, 0.25) is 0 Å². The van der Waals surface area contributed by atoms with E-state index in [1.54, 1.807) is 0 Å². The van der Waals surface area contributed by atoms with Crippen LogP contribution in [-0.2, 0) is 0 Å². The Hall–Kier alpha value is -2.70. The highest BCUT2D eigenvalue weighted by atomic mass is 16.6. The van der Waals surface area contributed by atoms with Crippen LogP contribution in [0.15, 0.2) is 45.2 Å². The third-order valence-electron chi connectivity index (χ3n) is 3.89. The Morgan fingerprint density at radius 1 is 1.14 bits per heavy atom. The molecule has 1 saturated carbocycles. The third-order valence-corrected chi connectivity index (χ3v) is 3.89. The van der Waals surface area contributed by atoms with Crippen molar-refractivity contribution in [3.8, 4) is 0 Å². The number of nitrogens with zero attached hydrogens (tertiary/aromatic N) is 4. The predicted octanol–water partition coefficient (Wildman–Crippen LogP) is 2.07. The summed E-state index contributed by atoms with van der Waals surface area (Å²) in [6.07, 6.45) is 3.99. The minimum absolute atomic E-state index is 0.120. The Kier molecular flexibility index (Phi) is 4.13. The van der Waals surface area contributed by atoms with Crippen LogP contribution < -0.4 is 11.5 Å². The summed E-state index contributed by atoms with van der Waals surface area (Å²) < 4.78 is 4.49. The van der Waals surface area contributed by atoms with Gasteiger partial charge in [-0.25, -0.2) is 4.63 Å². The van der Waals surface area contributed by atoms with E-state index in [9.17, 15) is 0 Å². The molecule has 0 bridgehead atoms. The maximum absolute atomic E-state index is 5.78. The van der Waals surface area contributed by atoms with Gasteiger partial charge in [-0.2, -0.15) is 5.10 Å². The number of nitrogen functional groups attached to an aromatic ring is 1. The van der Waals surface area contributed by atoms with Gasteiger partial charge in [0.25, 0.3) is 0 Å². The zero-order valence-corrected chi connectivity index (χ0v) is 12.1. The molecule has 1 aliphatic carbocycles. The van der Waals surface area contributed by atoms with Crippen molar-refractivity contribution in [1.29, 1.82) is 0 Å². The van der Waals surface area contributed by atoms with Crippen LogP contribution >= 0.6 is 0 Å². The van der Waals surface area contributed by atoms with Crippen LogP contribution in [0.2, 0.25) is 0 Å². The van der Waals surface area contributed by atoms with E-state index in [4.69, 9.17) is 11.5 Å². The number of rotatable bonds is 3. The number of benzene rings is 1. The molecule has 1 aliphatic rings. The zero-order chi connectivity index (χ0) is 15.4. The van der Waals surface area contributed by atoms with Crippen LogP contribution in [-0.4, -0.2) is 21.9 Å². The molecular weight excluding hydrogens is 280 g/mol. The Bertz CT molecular complexity index is 681. The quantitative estimate of drug-likeness (QED) is 0.511. The Labute approximate surface area is 128 Å². The van der Waals surface area contributed by atoms with Crippen molar-refractivity contribution in [2.45, 2.75) is 31.6 Å². The van der Waals surface area contributed by atoms with Crippen molar-refractivity contribution in [3.05, 3.63) is 41.6 Å². The number of aromatic nitrogens is 2. The molecule has 0 spiro atoms. The van der Waals surface area contributed by atoms with E-state index in [0.29, 0.717) is 5.92 Å². The fourth-order valence-corrected chi connectivity index (χ4v) is 2.65. The summed E-state index contributed by atoms with van der Waals surface area (Å²) in [5.74, 6) is 0.836. The normalized spacial score (nSPS) is 19.2. The predicted molar refractivity (Wildman–Crippen MR) is 84.5 cm³/mol. The second kappa shape index (κ2) is 6.38. The maximum atomic E-state index is 5.78. The minimum Gasteiger partial charge on any atom is -0.380 e. The highest BCUT2D eigenvalue weighted by molar-refractivity contribution is 5.99. The molecule has 3 rings (SSSR count). The van der Waals surface area contributed by atoms with E-state index in [2.05, 4.69) is 49.4 Å². The zero-order valence-electron chi connectivity index (χ0n) is 12.1. The van der Waals surface area contributed by atoms with E-state index < -0.39 is 0 Å². The first-order valence-corrected chi connectivity index (χ1v) is 7.26. The smallest absolute Gasteiger partial charge is 0.199 e. The average Bonchev–Trinajstić information content (AvgIpc) is 3.00. The van der Waals surface area contributed by atoms with Gasteiger partial charge < -0.3 is 11.5 Å². The summed E-state index contributed by atoms with van der Waals surface area (Å²) in [5, 5.41) is 15.3. The molecule has 0 unspecified atom stereocenters. The van der Waals surface area contributed by atoms with E-state index in [-0.39, 0.29) is 17.3 Å². The summed E-state index contributed by atoms with van der Waals surface area (Å²) in [5.41, 5.74) is 14.0. The van der Waals surface area contributed by atoms with Crippen molar-refractivity contribution < 1.29 is 4.63 Å². The van der Waals surface area contributed by atoms with Gasteiger partial charge in [-0.1, -0.05) is 30.3 Å². The molecule has 0 aliphatic heterocycles. The molecule has 4 N–H and O–H groups in total. The highest BCUT2D eigenvalue weighted by Gasteiger charge is 2.19. The second-order valence-corrected chi connectivity index (χ2v) is 5.33. The lowest BCUT2D eigenvalue weighted by Crippen LogP contribution is -2.16. The fourth-order valence-electron chi connectivity index (χ4n) is 2.65. The molecule has 22 heavy (non-hydrogen) atoms. The lowest BCUT2D eigenvalue weighted by Gasteiger charge is -2.22. The lowest BCUT2D eigenvalue weighted by molar-refractivity contribution is 0.308. The molecule has 0 atom stereocenters. The second-order valence-electron chi connectivity index (χ2n) is 5.33. The van der Waals surface area contributed by atoms with Crippen LogP contribution in [0.25, 0.3) is 0 Å². The Morgan fingerprint density at radius 2 is 1.86 bits per heavy atom. The van der Waals surface area contributed by atoms with Crippen LogP contribution in [0.4, 0.5) is 5.82 Å². The minimum atomic E-state index is 0.120. The van der Waals surface area contributed by atoms with Crippen molar-refractivity contribution >= 4 is 17.4 Å². The SMILES string of the molecule is N/C(=N/N=C1CCC(c2ccccc2)CC1)c1nonc1N. The van der Waals surface area contributed by atoms with Gasteiger partial charge in [0, 0.05) is 5.71 Å². The standard InChI is InChI=1S/C15H18N6O/c16-14(13-15(17)21-22-20-13)19-18-12-8-6-11(7-9-12)10-4-2-1-3-5-10/h1-5,11H,6-9H2,(H2,16,19)(H2,17,21). The number of amidine groups is 1. The van der Waals surface area contributed by atoms with Crippen molar-refractivity contribution in [3.63, 3.8) is 0 Å². The van der Waals surface area contributed by atoms with Crippen LogP contribution in [0.5, 0.6) is 0 Å². The molecule has 2 aromatic rings. The maximum Gasteiger partial charge on any atom is 0.199 e. The van der Waals surface area contributed by atoms with E-state index in [1.165, 1.54) is 5.56 Å². The lowest BCUT2D eigenvalue weighted by atomic mass is 9.83. The summed E-state index contributed by atoms with van der Waals surface area (Å²) >= 11 is 0. The van der Waals surface area contributed by atoms with Crippen LogP contribution in [0, 0.1) is 0 Å². The van der Waals surface area contributed by atoms with Gasteiger partial charge in [-0.15, -0.1) is 5.10 Å². The molecule has 114 valence electrons. The summed E-state index contributed by atoms with van der Waals surface area (Å²) in [6.45, 7) is 0. The first-order valence-electron chi connectivity index (χ1n) is 7.26. The van der Waals surface area contributed by atoms with Gasteiger partial charge in [-0.05, 0) is 47.5 Å². The first kappa shape index (κ1) is 14.2. The van der Waals surface area contributed by atoms with Crippen molar-refractivity contribution in [2.75, 3.05) is 5.73 Å². The highest BCUT2D eigenvalue weighted by Crippen LogP contribution is 2.31. The van der Waals surface area contributed by atoms with Crippen LogP contribution in [0.3, 0.4) is 0 Å². The largest absolute Gasteiger partial charge is 0.380 e. The molecule has 1 fully saturated rings. The van der Waals surface area contributed by atoms with Crippen molar-refractivity contribution in [1.82, 2.24) is 10.3 Å². The van der Waals surface area contributed by atoms with E-state index >= 15 is 0 Å². The molecule has 0 amide bonds. The van der Waals surface area contributed by atoms with Gasteiger partial charge in [0.05, 0.1) is 0 Å². The first-order chi connectivity index (χ1) is 10.7. The summed E-state index contributed by atoms with van der Waals surface area (Å²) in [7, 11) is 0. The molecule has 1 aromatic carbocycles. The molecule has 0 saturated heterocycles. The van der Waals surface area contributed by atoms with Gasteiger partial charge >= 0.3 is 0 Å². The summed E-state index contributed by atoms with van der Waals surface area (Å²) in [6, 6.07) is 10.6. The molecule has 0 radical (unpaired) electrons.